The number of aryl methyl sites for hydroxylation is 1. The highest BCUT2D eigenvalue weighted by molar-refractivity contribution is 9.10. The molecule has 0 spiro atoms. The molecule has 0 saturated carbocycles. The Morgan fingerprint density at radius 1 is 1.11 bits per heavy atom. The van der Waals surface area contributed by atoms with Crippen molar-refractivity contribution in [1.29, 1.82) is 0 Å². The van der Waals surface area contributed by atoms with Crippen molar-refractivity contribution in [3.63, 3.8) is 0 Å². The Morgan fingerprint density at radius 2 is 1.87 bits per heavy atom. The van der Waals surface area contributed by atoms with Crippen LogP contribution in [0, 0.1) is 5.82 Å². The van der Waals surface area contributed by atoms with E-state index in [-0.39, 0.29) is 42.7 Å². The molecule has 1 fully saturated rings. The molecule has 1 saturated heterocycles. The number of nitrogens with zero attached hydrogens (tertiary/aromatic N) is 1. The lowest BCUT2D eigenvalue weighted by atomic mass is 9.83. The maximum Gasteiger partial charge on any atom is 0.333 e. The molecule has 0 aliphatic carbocycles. The monoisotopic (exact) mass is 587 g/mol. The number of hydrogen-bond acceptors (Lipinski definition) is 5. The fourth-order valence-corrected chi connectivity index (χ4v) is 5.42. The first-order valence-electron chi connectivity index (χ1n) is 12.7. The summed E-state index contributed by atoms with van der Waals surface area (Å²) in [6.45, 7) is 1.20. The molecule has 2 aromatic rings. The van der Waals surface area contributed by atoms with Crippen LogP contribution in [0.4, 0.5) is 4.39 Å². The van der Waals surface area contributed by atoms with Gasteiger partial charge in [0.15, 0.2) is 0 Å². The highest BCUT2D eigenvalue weighted by atomic mass is 79.9. The average Bonchev–Trinajstić information content (AvgIpc) is 2.87. The van der Waals surface area contributed by atoms with E-state index in [9.17, 15) is 23.9 Å². The van der Waals surface area contributed by atoms with Gasteiger partial charge >= 0.3 is 5.97 Å². The maximum absolute atomic E-state index is 13.4. The van der Waals surface area contributed by atoms with Crippen LogP contribution in [0.2, 0.25) is 0 Å². The van der Waals surface area contributed by atoms with E-state index in [1.807, 2.05) is 24.3 Å². The Kier molecular flexibility index (Phi) is 9.17. The molecule has 4 rings (SSSR count). The molecule has 2 amide bonds. The zero-order chi connectivity index (χ0) is 27.2. The highest BCUT2D eigenvalue weighted by Gasteiger charge is 2.39. The minimum absolute atomic E-state index is 0.0501. The van der Waals surface area contributed by atoms with E-state index in [1.54, 1.807) is 11.0 Å². The summed E-state index contributed by atoms with van der Waals surface area (Å²) in [5.41, 5.74) is 8.20. The van der Waals surface area contributed by atoms with Crippen molar-refractivity contribution in [2.75, 3.05) is 19.7 Å². The fraction of sp³-hybridized carbons (Fsp3) is 0.393. The number of nitrogens with one attached hydrogen (secondary N) is 1. The lowest BCUT2D eigenvalue weighted by Crippen LogP contribution is -2.61. The van der Waals surface area contributed by atoms with Gasteiger partial charge in [-0.2, -0.15) is 0 Å². The summed E-state index contributed by atoms with van der Waals surface area (Å²) in [5.74, 6) is -1.41. The number of carbonyl (C=O) groups is 3. The van der Waals surface area contributed by atoms with Crippen molar-refractivity contribution < 1.29 is 28.6 Å². The minimum Gasteiger partial charge on any atom is -0.492 e. The lowest BCUT2D eigenvalue weighted by molar-refractivity contribution is -0.136. The van der Waals surface area contributed by atoms with E-state index in [0.717, 1.165) is 29.5 Å². The van der Waals surface area contributed by atoms with Gasteiger partial charge in [-0.25, -0.2) is 9.18 Å². The number of rotatable bonds is 11. The smallest absolute Gasteiger partial charge is 0.333 e. The number of aliphatic carboxylic acids is 1. The quantitative estimate of drug-likeness (QED) is 0.345. The van der Waals surface area contributed by atoms with Gasteiger partial charge in [0, 0.05) is 38.0 Å². The molecule has 1 unspecified atom stereocenters. The van der Waals surface area contributed by atoms with Gasteiger partial charge in [-0.3, -0.25) is 9.59 Å². The number of ether oxygens (including phenoxy) is 1. The predicted molar refractivity (Wildman–Crippen MR) is 144 cm³/mol. The molecule has 2 aliphatic heterocycles. The molecule has 8 nitrogen and oxygen atoms in total. The Balaban J connectivity index is 1.38. The van der Waals surface area contributed by atoms with Gasteiger partial charge in [0.25, 0.3) is 0 Å². The number of piperazine rings is 1. The zero-order valence-electron chi connectivity index (χ0n) is 20.9. The maximum atomic E-state index is 13.4. The van der Waals surface area contributed by atoms with E-state index in [0.29, 0.717) is 36.2 Å². The third-order valence-electron chi connectivity index (χ3n) is 6.86. The second-order valence-corrected chi connectivity index (χ2v) is 10.5. The number of fused-ring (bicyclic) bond motifs is 2. The normalized spacial score (nSPS) is 18.8. The largest absolute Gasteiger partial charge is 0.492 e. The van der Waals surface area contributed by atoms with Crippen molar-refractivity contribution in [2.24, 2.45) is 5.73 Å². The van der Waals surface area contributed by atoms with Crippen LogP contribution < -0.4 is 15.8 Å². The van der Waals surface area contributed by atoms with Gasteiger partial charge in [-0.1, -0.05) is 24.3 Å². The molecule has 2 aromatic carbocycles. The molecule has 0 aromatic heterocycles. The highest BCUT2D eigenvalue weighted by Crippen LogP contribution is 2.33. The number of nitrogens with two attached hydrogens (primary N) is 1. The summed E-state index contributed by atoms with van der Waals surface area (Å²) in [5, 5.41) is 13.4. The van der Waals surface area contributed by atoms with Crippen LogP contribution in [0.15, 0.2) is 52.5 Å². The summed E-state index contributed by atoms with van der Waals surface area (Å²) in [4.78, 5) is 37.6. The summed E-state index contributed by atoms with van der Waals surface area (Å²) in [6, 6.07) is 11.7. The molecular formula is C28H31BrFN3O5. The summed E-state index contributed by atoms with van der Waals surface area (Å²) in [6.07, 6.45) is 2.76. The number of primary amides is 1. The number of carboxylic acid groups (broad SMARTS) is 1. The van der Waals surface area contributed by atoms with Crippen LogP contribution in [0.1, 0.15) is 43.2 Å². The van der Waals surface area contributed by atoms with Crippen molar-refractivity contribution >= 4 is 39.3 Å². The van der Waals surface area contributed by atoms with Crippen LogP contribution in [0.5, 0.6) is 5.75 Å². The molecule has 202 valence electrons. The van der Waals surface area contributed by atoms with Crippen molar-refractivity contribution in [2.45, 2.75) is 50.6 Å². The Bertz CT molecular complexity index is 1230. The molecular weight excluding hydrogens is 557 g/mol. The molecule has 2 bridgehead atoms. The number of carboxylic acids is 1. The predicted octanol–water partition coefficient (Wildman–Crippen LogP) is 3.67. The van der Waals surface area contributed by atoms with Crippen LogP contribution in [-0.2, 0) is 20.8 Å². The van der Waals surface area contributed by atoms with Crippen LogP contribution in [-0.4, -0.2) is 59.6 Å². The minimum atomic E-state index is -0.997. The van der Waals surface area contributed by atoms with Crippen molar-refractivity contribution in [3.05, 3.63) is 69.5 Å². The first kappa shape index (κ1) is 27.8. The second kappa shape index (κ2) is 12.5. The molecule has 4 N–H and O–H groups in total. The average molecular weight is 588 g/mol. The molecule has 2 heterocycles. The first-order valence-corrected chi connectivity index (χ1v) is 13.5. The number of carbonyl (C=O) groups excluding carboxylic acids is 2. The summed E-state index contributed by atoms with van der Waals surface area (Å²) < 4.78 is 19.8. The van der Waals surface area contributed by atoms with Gasteiger partial charge in [0.05, 0.1) is 22.7 Å². The molecule has 2 atom stereocenters. The van der Waals surface area contributed by atoms with Crippen LogP contribution >= 0.6 is 15.9 Å². The van der Waals surface area contributed by atoms with E-state index >= 15 is 0 Å². The molecule has 0 radical (unpaired) electrons. The first-order chi connectivity index (χ1) is 18.2. The van der Waals surface area contributed by atoms with Gasteiger partial charge in [-0.05, 0) is 70.4 Å². The third kappa shape index (κ3) is 6.99. The summed E-state index contributed by atoms with van der Waals surface area (Å²) in [7, 11) is 0. The third-order valence-corrected chi connectivity index (χ3v) is 7.52. The topological polar surface area (TPSA) is 122 Å². The van der Waals surface area contributed by atoms with E-state index < -0.39 is 17.9 Å². The van der Waals surface area contributed by atoms with Gasteiger partial charge in [-0.15, -0.1) is 0 Å². The van der Waals surface area contributed by atoms with Crippen LogP contribution in [0.25, 0.3) is 5.57 Å². The SMILES string of the molecule is NC(=O)CCCC(=O)N1CC2CC(c3ccc(CCCOc4cc(F)ccc4Br)cc3)=C(C(=O)O)[C@@H](C1)N2. The Labute approximate surface area is 229 Å². The Hall–Kier alpha value is -3.24. The summed E-state index contributed by atoms with van der Waals surface area (Å²) >= 11 is 3.35. The second-order valence-electron chi connectivity index (χ2n) is 9.66. The number of hydrogen-bond donors (Lipinski definition) is 3. The molecule has 38 heavy (non-hydrogen) atoms. The van der Waals surface area contributed by atoms with Gasteiger partial charge < -0.3 is 25.8 Å². The van der Waals surface area contributed by atoms with Crippen LogP contribution in [0.3, 0.4) is 0 Å². The van der Waals surface area contributed by atoms with Gasteiger partial charge in [0.2, 0.25) is 11.8 Å². The van der Waals surface area contributed by atoms with E-state index in [4.69, 9.17) is 10.5 Å². The molecule has 10 heteroatoms. The van der Waals surface area contributed by atoms with E-state index in [2.05, 4.69) is 21.2 Å². The molecule has 2 aliphatic rings. The standard InChI is InChI=1S/C28H31BrFN3O5/c29-22-11-10-19(30)13-24(22)38-12-2-3-17-6-8-18(9-7-17)21-14-20-15-33(26(35)5-1-4-25(31)34)16-23(32-20)27(21)28(36)37/h6-11,13,20,23,32H,1-5,12,14-16H2,(H2,31,34)(H,36,37)/t20?,23-/m1/s1. The van der Waals surface area contributed by atoms with E-state index in [1.165, 1.54) is 12.1 Å². The Morgan fingerprint density at radius 3 is 2.58 bits per heavy atom. The fourth-order valence-electron chi connectivity index (χ4n) is 5.06. The van der Waals surface area contributed by atoms with Crippen molar-refractivity contribution in [3.8, 4) is 5.75 Å². The van der Waals surface area contributed by atoms with Crippen molar-refractivity contribution in [1.82, 2.24) is 10.2 Å². The van der Waals surface area contributed by atoms with Gasteiger partial charge in [0.1, 0.15) is 11.6 Å². The number of amides is 2. The zero-order valence-corrected chi connectivity index (χ0v) is 22.5. The number of halogens is 2. The number of benzene rings is 2. The lowest BCUT2D eigenvalue weighted by Gasteiger charge is -2.43.